The lowest BCUT2D eigenvalue weighted by atomic mass is 10.1. The number of ether oxygens (including phenoxy) is 1. The van der Waals surface area contributed by atoms with Crippen LogP contribution in [-0.4, -0.2) is 45.4 Å². The molecule has 1 aromatic rings. The van der Waals surface area contributed by atoms with E-state index in [2.05, 4.69) is 0 Å². The van der Waals surface area contributed by atoms with E-state index >= 15 is 0 Å². The van der Waals surface area contributed by atoms with Crippen molar-refractivity contribution in [3.8, 4) is 0 Å². The van der Waals surface area contributed by atoms with Gasteiger partial charge in [0.05, 0.1) is 11.5 Å². The van der Waals surface area contributed by atoms with Gasteiger partial charge in [-0.2, -0.15) is 4.31 Å². The summed E-state index contributed by atoms with van der Waals surface area (Å²) in [5, 5.41) is 0. The zero-order valence-electron chi connectivity index (χ0n) is 12.0. The summed E-state index contributed by atoms with van der Waals surface area (Å²) in [6.07, 6.45) is 1.76. The van der Waals surface area contributed by atoms with E-state index in [4.69, 9.17) is 16.3 Å². The molecule has 0 unspecified atom stereocenters. The molecule has 0 heterocycles. The van der Waals surface area contributed by atoms with Gasteiger partial charge in [0.25, 0.3) is 0 Å². The first-order chi connectivity index (χ1) is 9.52. The molecule has 0 amide bonds. The second-order valence-electron chi connectivity index (χ2n) is 4.46. The van der Waals surface area contributed by atoms with E-state index in [-0.39, 0.29) is 0 Å². The highest BCUT2D eigenvalue weighted by atomic mass is 35.5. The third kappa shape index (κ3) is 5.05. The first-order valence-corrected chi connectivity index (χ1v) is 8.68. The molecule has 0 saturated heterocycles. The number of hydrogen-bond acceptors (Lipinski definition) is 3. The Kier molecular flexibility index (Phi) is 7.51. The van der Waals surface area contributed by atoms with Gasteiger partial charge in [0.15, 0.2) is 0 Å². The summed E-state index contributed by atoms with van der Waals surface area (Å²) < 4.78 is 31.1. The molecule has 0 N–H and O–H groups in total. The predicted molar refractivity (Wildman–Crippen MR) is 81.8 cm³/mol. The highest BCUT2D eigenvalue weighted by Gasteiger charge is 2.20. The summed E-state index contributed by atoms with van der Waals surface area (Å²) in [6.45, 7) is 3.22. The Balaban J connectivity index is 2.71. The van der Waals surface area contributed by atoms with Crippen molar-refractivity contribution in [2.75, 3.05) is 32.7 Å². The van der Waals surface area contributed by atoms with Gasteiger partial charge in [0.2, 0.25) is 10.0 Å². The van der Waals surface area contributed by atoms with Crippen LogP contribution in [0.15, 0.2) is 29.2 Å². The van der Waals surface area contributed by atoms with Crippen molar-refractivity contribution >= 4 is 21.6 Å². The molecule has 0 atom stereocenters. The van der Waals surface area contributed by atoms with Gasteiger partial charge in [-0.1, -0.05) is 12.1 Å². The maximum atomic E-state index is 12.3. The lowest BCUT2D eigenvalue weighted by molar-refractivity contribution is 0.138. The minimum absolute atomic E-state index is 0.311. The van der Waals surface area contributed by atoms with Crippen LogP contribution in [0.4, 0.5) is 0 Å². The van der Waals surface area contributed by atoms with Crippen molar-refractivity contribution in [2.24, 2.45) is 0 Å². The zero-order valence-corrected chi connectivity index (χ0v) is 13.6. The van der Waals surface area contributed by atoms with Crippen molar-refractivity contribution in [2.45, 2.75) is 24.7 Å². The number of likely N-dealkylation sites (N-methyl/N-ethyl adjacent to an activating group) is 1. The van der Waals surface area contributed by atoms with E-state index in [0.29, 0.717) is 30.5 Å². The molecule has 0 bridgehead atoms. The number of benzene rings is 1. The number of sulfonamides is 1. The topological polar surface area (TPSA) is 46.6 Å². The zero-order chi connectivity index (χ0) is 15.0. The van der Waals surface area contributed by atoms with Crippen LogP contribution in [0.2, 0.25) is 0 Å². The van der Waals surface area contributed by atoms with Gasteiger partial charge in [-0.05, 0) is 37.5 Å². The summed E-state index contributed by atoms with van der Waals surface area (Å²) in [7, 11) is -1.86. The van der Waals surface area contributed by atoms with E-state index in [1.54, 1.807) is 19.2 Å². The number of aryl methyl sites for hydroxylation is 1. The molecule has 0 aliphatic carbocycles. The minimum atomic E-state index is -3.43. The Morgan fingerprint density at radius 3 is 2.45 bits per heavy atom. The van der Waals surface area contributed by atoms with Crippen LogP contribution in [0.1, 0.15) is 18.9 Å². The van der Waals surface area contributed by atoms with E-state index in [0.717, 1.165) is 18.4 Å². The van der Waals surface area contributed by atoms with E-state index < -0.39 is 10.0 Å². The molecule has 1 aromatic carbocycles. The van der Waals surface area contributed by atoms with Crippen LogP contribution < -0.4 is 0 Å². The number of halogens is 1. The Hall–Kier alpha value is -0.620. The third-order valence-corrected chi connectivity index (χ3v) is 5.12. The van der Waals surface area contributed by atoms with Crippen LogP contribution >= 0.6 is 11.6 Å². The van der Waals surface area contributed by atoms with Crippen LogP contribution in [0.3, 0.4) is 0 Å². The minimum Gasteiger partial charge on any atom is -0.380 e. The van der Waals surface area contributed by atoms with Crippen LogP contribution in [-0.2, 0) is 21.2 Å². The van der Waals surface area contributed by atoms with Crippen molar-refractivity contribution < 1.29 is 13.2 Å². The second kappa shape index (κ2) is 8.62. The van der Waals surface area contributed by atoms with Gasteiger partial charge in [-0.25, -0.2) is 8.42 Å². The maximum Gasteiger partial charge on any atom is 0.242 e. The molecule has 0 spiro atoms. The second-order valence-corrected chi connectivity index (χ2v) is 6.88. The van der Waals surface area contributed by atoms with Crippen LogP contribution in [0.25, 0.3) is 0 Å². The van der Waals surface area contributed by atoms with Gasteiger partial charge in [0, 0.05) is 26.1 Å². The Morgan fingerprint density at radius 2 is 1.90 bits per heavy atom. The first kappa shape index (κ1) is 17.4. The first-order valence-electron chi connectivity index (χ1n) is 6.71. The smallest absolute Gasteiger partial charge is 0.242 e. The van der Waals surface area contributed by atoms with Gasteiger partial charge in [0.1, 0.15) is 0 Å². The highest BCUT2D eigenvalue weighted by Crippen LogP contribution is 2.16. The van der Waals surface area contributed by atoms with Gasteiger partial charge < -0.3 is 4.74 Å². The van der Waals surface area contributed by atoms with E-state index in [1.807, 2.05) is 19.1 Å². The number of nitrogens with zero attached hydrogens (tertiary/aromatic N) is 1. The maximum absolute atomic E-state index is 12.3. The number of hydrogen-bond donors (Lipinski definition) is 0. The van der Waals surface area contributed by atoms with E-state index in [9.17, 15) is 8.42 Å². The highest BCUT2D eigenvalue weighted by molar-refractivity contribution is 7.89. The lowest BCUT2D eigenvalue weighted by Gasteiger charge is -2.17. The summed E-state index contributed by atoms with van der Waals surface area (Å²) in [5.74, 6) is 0.611. The Morgan fingerprint density at radius 1 is 1.25 bits per heavy atom. The van der Waals surface area contributed by atoms with Crippen molar-refractivity contribution in [1.29, 1.82) is 0 Å². The third-order valence-electron chi connectivity index (χ3n) is 2.99. The lowest BCUT2D eigenvalue weighted by Crippen LogP contribution is -2.30. The molecule has 4 nitrogen and oxygen atoms in total. The summed E-state index contributed by atoms with van der Waals surface area (Å²) in [4.78, 5) is 0.311. The molecule has 0 aromatic heterocycles. The summed E-state index contributed by atoms with van der Waals surface area (Å²) in [5.41, 5.74) is 1.10. The average molecular weight is 320 g/mol. The van der Waals surface area contributed by atoms with Crippen molar-refractivity contribution in [1.82, 2.24) is 4.31 Å². The quantitative estimate of drug-likeness (QED) is 0.519. The monoisotopic (exact) mass is 319 g/mol. The largest absolute Gasteiger partial charge is 0.380 e. The molecule has 1 rings (SSSR count). The fourth-order valence-electron chi connectivity index (χ4n) is 1.74. The number of alkyl halides is 1. The van der Waals surface area contributed by atoms with Gasteiger partial charge >= 0.3 is 0 Å². The molecule has 6 heteroatoms. The number of rotatable bonds is 9. The fraction of sp³-hybridized carbons (Fsp3) is 0.571. The molecule has 0 fully saturated rings. The Bertz CT molecular complexity index is 488. The molecule has 0 aliphatic rings. The van der Waals surface area contributed by atoms with E-state index in [1.165, 1.54) is 4.31 Å². The fourth-order valence-corrected chi connectivity index (χ4v) is 3.03. The summed E-state index contributed by atoms with van der Waals surface area (Å²) in [6, 6.07) is 6.98. The molecule has 114 valence electrons. The van der Waals surface area contributed by atoms with Gasteiger partial charge in [-0.3, -0.25) is 0 Å². The molecular weight excluding hydrogens is 298 g/mol. The van der Waals surface area contributed by atoms with Crippen molar-refractivity contribution in [3.05, 3.63) is 29.8 Å². The van der Waals surface area contributed by atoms with Crippen LogP contribution in [0.5, 0.6) is 0 Å². The standard InChI is InChI=1S/C14H22ClNO3S/c1-3-19-12-11-16(2)20(17,18)14-8-6-13(7-9-14)5-4-10-15/h6-9H,3-5,10-12H2,1-2H3. The summed E-state index contributed by atoms with van der Waals surface area (Å²) >= 11 is 5.64. The molecule has 0 saturated carbocycles. The molecule has 0 aliphatic heterocycles. The van der Waals surface area contributed by atoms with Crippen molar-refractivity contribution in [3.63, 3.8) is 0 Å². The van der Waals surface area contributed by atoms with Gasteiger partial charge in [-0.15, -0.1) is 11.6 Å². The Labute approximate surface area is 126 Å². The average Bonchev–Trinajstić information content (AvgIpc) is 2.45. The predicted octanol–water partition coefficient (Wildman–Crippen LogP) is 2.52. The molecule has 0 radical (unpaired) electrons. The SMILES string of the molecule is CCOCCN(C)S(=O)(=O)c1ccc(CCCCl)cc1. The van der Waals surface area contributed by atoms with Crippen LogP contribution in [0, 0.1) is 0 Å². The molecular formula is C14H22ClNO3S. The molecule has 20 heavy (non-hydrogen) atoms. The normalized spacial score (nSPS) is 12.0.